The second-order valence-corrected chi connectivity index (χ2v) is 10.8. The van der Waals surface area contributed by atoms with E-state index < -0.39 is 0 Å². The molecule has 7 heteroatoms. The number of ether oxygens (including phenoxy) is 1. The number of benzene rings is 2. The highest BCUT2D eigenvalue weighted by atomic mass is 32.2. The number of amides is 1. The van der Waals surface area contributed by atoms with Crippen molar-refractivity contribution in [2.75, 3.05) is 17.7 Å². The first-order valence-electron chi connectivity index (χ1n) is 11.9. The molecular formula is C28H28N2O3S2. The fourth-order valence-corrected chi connectivity index (χ4v) is 6.83. The Kier molecular flexibility index (Phi) is 6.97. The third kappa shape index (κ3) is 4.88. The van der Waals surface area contributed by atoms with Crippen molar-refractivity contribution >= 4 is 50.9 Å². The average Bonchev–Trinajstić information content (AvgIpc) is 3.53. The summed E-state index contributed by atoms with van der Waals surface area (Å²) >= 11 is 3.04. The summed E-state index contributed by atoms with van der Waals surface area (Å²) in [5.74, 6) is -0.186. The van der Waals surface area contributed by atoms with Crippen molar-refractivity contribution in [1.82, 2.24) is 4.57 Å². The standard InChI is InChI=1S/C28H28N2O3S2/c1-3-33-28(32)26-21-12-8-14-23(21)35-27(26)29-25(31)17-34-24-16-30(22-13-7-6-11-20(22)24)15-19-10-5-4-9-18(19)2/h4-7,9-11,13,16H,3,8,12,14-15,17H2,1-2H3,(H,29,31). The molecule has 4 aromatic rings. The zero-order valence-corrected chi connectivity index (χ0v) is 21.6. The number of nitrogens with one attached hydrogen (secondary N) is 1. The fraction of sp³-hybridized carbons (Fsp3) is 0.286. The van der Waals surface area contributed by atoms with Gasteiger partial charge in [-0.2, -0.15) is 0 Å². The minimum atomic E-state index is -0.339. The van der Waals surface area contributed by atoms with Crippen LogP contribution in [0.3, 0.4) is 0 Å². The predicted octanol–water partition coefficient (Wildman–Crippen LogP) is 6.46. The Labute approximate surface area is 213 Å². The van der Waals surface area contributed by atoms with Crippen LogP contribution in [0.5, 0.6) is 0 Å². The minimum absolute atomic E-state index is 0.115. The lowest BCUT2D eigenvalue weighted by atomic mass is 10.1. The van der Waals surface area contributed by atoms with Crippen molar-refractivity contribution in [3.63, 3.8) is 0 Å². The summed E-state index contributed by atoms with van der Waals surface area (Å²) in [6.45, 7) is 5.03. The van der Waals surface area contributed by atoms with E-state index in [0.29, 0.717) is 17.2 Å². The molecule has 0 unspecified atom stereocenters. The maximum atomic E-state index is 12.9. The summed E-state index contributed by atoms with van der Waals surface area (Å²) < 4.78 is 7.53. The van der Waals surface area contributed by atoms with Gasteiger partial charge in [0.1, 0.15) is 5.00 Å². The van der Waals surface area contributed by atoms with Gasteiger partial charge >= 0.3 is 5.97 Å². The van der Waals surface area contributed by atoms with Crippen molar-refractivity contribution < 1.29 is 14.3 Å². The lowest BCUT2D eigenvalue weighted by molar-refractivity contribution is -0.113. The number of anilines is 1. The molecule has 2 aromatic heterocycles. The molecule has 180 valence electrons. The molecule has 0 aliphatic heterocycles. The summed E-state index contributed by atoms with van der Waals surface area (Å²) in [7, 11) is 0. The van der Waals surface area contributed by atoms with E-state index in [-0.39, 0.29) is 17.6 Å². The van der Waals surface area contributed by atoms with Crippen LogP contribution in [0.15, 0.2) is 59.6 Å². The number of rotatable bonds is 8. The van der Waals surface area contributed by atoms with Gasteiger partial charge in [0, 0.05) is 33.4 Å². The van der Waals surface area contributed by atoms with Crippen molar-refractivity contribution in [1.29, 1.82) is 0 Å². The van der Waals surface area contributed by atoms with Crippen LogP contribution in [0.2, 0.25) is 0 Å². The van der Waals surface area contributed by atoms with E-state index in [1.54, 1.807) is 6.92 Å². The van der Waals surface area contributed by atoms with Gasteiger partial charge in [0.05, 0.1) is 17.9 Å². The van der Waals surface area contributed by atoms with Crippen LogP contribution in [0, 0.1) is 6.92 Å². The van der Waals surface area contributed by atoms with Crippen LogP contribution >= 0.6 is 23.1 Å². The molecule has 5 rings (SSSR count). The molecule has 5 nitrogen and oxygen atoms in total. The minimum Gasteiger partial charge on any atom is -0.462 e. The molecule has 0 atom stereocenters. The van der Waals surface area contributed by atoms with Gasteiger partial charge < -0.3 is 14.6 Å². The molecule has 1 amide bonds. The molecule has 1 N–H and O–H groups in total. The van der Waals surface area contributed by atoms with Crippen molar-refractivity contribution in [2.45, 2.75) is 44.6 Å². The number of hydrogen-bond donors (Lipinski definition) is 1. The van der Waals surface area contributed by atoms with Gasteiger partial charge in [-0.3, -0.25) is 4.79 Å². The van der Waals surface area contributed by atoms with Gasteiger partial charge in [0.25, 0.3) is 0 Å². The lowest BCUT2D eigenvalue weighted by Gasteiger charge is -2.08. The molecule has 0 fully saturated rings. The molecule has 0 saturated carbocycles. The predicted molar refractivity (Wildman–Crippen MR) is 144 cm³/mol. The third-order valence-corrected chi connectivity index (χ3v) is 8.62. The van der Waals surface area contributed by atoms with Gasteiger partial charge in [0.2, 0.25) is 5.91 Å². The molecule has 1 aliphatic carbocycles. The number of nitrogens with zero attached hydrogens (tertiary/aromatic N) is 1. The van der Waals surface area contributed by atoms with Gasteiger partial charge in [0.15, 0.2) is 0 Å². The zero-order chi connectivity index (χ0) is 24.4. The molecule has 2 aromatic carbocycles. The Bertz CT molecular complexity index is 1400. The summed E-state index contributed by atoms with van der Waals surface area (Å²) in [4.78, 5) is 27.8. The van der Waals surface area contributed by atoms with Crippen LogP contribution in [-0.4, -0.2) is 28.8 Å². The number of aryl methyl sites for hydroxylation is 2. The summed E-state index contributed by atoms with van der Waals surface area (Å²) in [5.41, 5.74) is 5.30. The number of hydrogen-bond acceptors (Lipinski definition) is 5. The Morgan fingerprint density at radius 3 is 2.74 bits per heavy atom. The number of carbonyl (C=O) groups is 2. The van der Waals surface area contributed by atoms with E-state index in [1.165, 1.54) is 39.1 Å². The normalized spacial score (nSPS) is 12.6. The molecule has 35 heavy (non-hydrogen) atoms. The Morgan fingerprint density at radius 1 is 1.11 bits per heavy atom. The maximum absolute atomic E-state index is 12.9. The number of fused-ring (bicyclic) bond motifs is 2. The highest BCUT2D eigenvalue weighted by molar-refractivity contribution is 8.00. The first kappa shape index (κ1) is 23.7. The van der Waals surface area contributed by atoms with E-state index >= 15 is 0 Å². The molecule has 2 heterocycles. The van der Waals surface area contributed by atoms with Gasteiger partial charge in [-0.15, -0.1) is 23.1 Å². The van der Waals surface area contributed by atoms with Crippen LogP contribution in [-0.2, 0) is 28.9 Å². The second kappa shape index (κ2) is 10.3. The van der Waals surface area contributed by atoms with Gasteiger partial charge in [-0.1, -0.05) is 42.5 Å². The summed E-state index contributed by atoms with van der Waals surface area (Å²) in [6.07, 6.45) is 5.01. The first-order valence-corrected chi connectivity index (χ1v) is 13.7. The Morgan fingerprint density at radius 2 is 1.91 bits per heavy atom. The van der Waals surface area contributed by atoms with Crippen LogP contribution in [0.4, 0.5) is 5.00 Å². The van der Waals surface area contributed by atoms with E-state index in [2.05, 4.69) is 59.4 Å². The van der Waals surface area contributed by atoms with E-state index in [0.717, 1.165) is 47.2 Å². The topological polar surface area (TPSA) is 60.3 Å². The highest BCUT2D eigenvalue weighted by Gasteiger charge is 2.28. The SMILES string of the molecule is CCOC(=O)c1c(NC(=O)CSc2cn(Cc3ccccc3C)c3ccccc23)sc2c1CCC2. The van der Waals surface area contributed by atoms with E-state index in [9.17, 15) is 9.59 Å². The fourth-order valence-electron chi connectivity index (χ4n) is 4.65. The van der Waals surface area contributed by atoms with E-state index in [4.69, 9.17) is 4.74 Å². The third-order valence-electron chi connectivity index (χ3n) is 6.37. The smallest absolute Gasteiger partial charge is 0.341 e. The first-order chi connectivity index (χ1) is 17.0. The largest absolute Gasteiger partial charge is 0.462 e. The van der Waals surface area contributed by atoms with Crippen molar-refractivity contribution in [2.24, 2.45) is 0 Å². The number of para-hydroxylation sites is 1. The maximum Gasteiger partial charge on any atom is 0.341 e. The average molecular weight is 505 g/mol. The zero-order valence-electron chi connectivity index (χ0n) is 19.9. The van der Waals surface area contributed by atoms with Crippen molar-refractivity contribution in [3.8, 4) is 0 Å². The number of thioether (sulfide) groups is 1. The van der Waals surface area contributed by atoms with E-state index in [1.807, 2.05) is 12.1 Å². The Hall–Kier alpha value is -3.03. The van der Waals surface area contributed by atoms with Crippen LogP contribution < -0.4 is 5.32 Å². The summed E-state index contributed by atoms with van der Waals surface area (Å²) in [6, 6.07) is 16.7. The van der Waals surface area contributed by atoms with Gasteiger partial charge in [-0.05, 0) is 55.9 Å². The molecule has 0 bridgehead atoms. The van der Waals surface area contributed by atoms with Crippen LogP contribution in [0.1, 0.15) is 45.3 Å². The number of carbonyl (C=O) groups excluding carboxylic acids is 2. The number of thiophene rings is 1. The quantitative estimate of drug-likeness (QED) is 0.221. The molecular weight excluding hydrogens is 476 g/mol. The molecule has 0 spiro atoms. The Balaban J connectivity index is 1.33. The van der Waals surface area contributed by atoms with Crippen molar-refractivity contribution in [3.05, 3.63) is 81.9 Å². The molecule has 0 radical (unpaired) electrons. The molecule has 0 saturated heterocycles. The number of aromatic nitrogens is 1. The summed E-state index contributed by atoms with van der Waals surface area (Å²) in [5, 5.41) is 4.77. The van der Waals surface area contributed by atoms with Crippen LogP contribution in [0.25, 0.3) is 10.9 Å². The number of esters is 1. The lowest BCUT2D eigenvalue weighted by Crippen LogP contribution is -2.16. The second-order valence-electron chi connectivity index (χ2n) is 8.68. The monoisotopic (exact) mass is 504 g/mol. The molecule has 1 aliphatic rings. The van der Waals surface area contributed by atoms with Gasteiger partial charge in [-0.25, -0.2) is 4.79 Å². The highest BCUT2D eigenvalue weighted by Crippen LogP contribution is 2.40.